The maximum atomic E-state index is 10.2. The Morgan fingerprint density at radius 3 is 2.67 bits per heavy atom. The molecule has 4 N–H and O–H groups in total. The zero-order chi connectivity index (χ0) is 8.15. The van der Waals surface area contributed by atoms with Crippen molar-refractivity contribution in [1.82, 2.24) is 0 Å². The van der Waals surface area contributed by atoms with Crippen molar-refractivity contribution in [2.45, 2.75) is 12.5 Å². The molecule has 0 aliphatic carbocycles. The average Bonchev–Trinajstić information content (AvgIpc) is 1.87. The van der Waals surface area contributed by atoms with Crippen molar-refractivity contribution in [3.05, 3.63) is 0 Å². The maximum absolute atomic E-state index is 10.2. The van der Waals surface area contributed by atoms with Gasteiger partial charge in [-0.1, -0.05) is 0 Å². The van der Waals surface area contributed by atoms with Crippen LogP contribution in [0, 0.1) is 0 Å². The summed E-state index contributed by atoms with van der Waals surface area (Å²) in [4.78, 5) is 20.1. The van der Waals surface area contributed by atoms with E-state index in [4.69, 9.17) is 12.3 Å². The summed E-state index contributed by atoms with van der Waals surface area (Å²) < 4.78 is 6.04. The van der Waals surface area contributed by atoms with Crippen LogP contribution >= 0.6 is 0 Å². The molecule has 0 aliphatic rings. The summed E-state index contributed by atoms with van der Waals surface area (Å²) in [5, 5.41) is 11.6. The Labute approximate surface area is 52.6 Å². The zero-order valence-electron chi connectivity index (χ0n) is 5.53. The largest absolute Gasteiger partial charge is 0.481 e. The Morgan fingerprint density at radius 2 is 2.33 bits per heavy atom. The first-order valence-electron chi connectivity index (χ1n) is 2.63. The molecule has 0 saturated heterocycles. The van der Waals surface area contributed by atoms with E-state index in [2.05, 4.69) is 5.11 Å². The first-order valence-corrected chi connectivity index (χ1v) is 2.22. The number of nitrogens with two attached hydrogens (primary N) is 1. The molecule has 0 spiro atoms. The van der Waals surface area contributed by atoms with Crippen LogP contribution in [0.4, 0.5) is 0 Å². The van der Waals surface area contributed by atoms with Gasteiger partial charge in [-0.3, -0.25) is 9.59 Å². The fourth-order valence-electron chi connectivity index (χ4n) is 0.267. The van der Waals surface area contributed by atoms with Gasteiger partial charge in [-0.15, -0.1) is 0 Å². The number of carboxylic acid groups (broad SMARTS) is 2. The molecule has 5 heteroatoms. The second-order valence-corrected chi connectivity index (χ2v) is 1.52. The number of hydrogen-bond acceptors (Lipinski definition) is 4. The van der Waals surface area contributed by atoms with Gasteiger partial charge in [0, 0.05) is 0 Å². The van der Waals surface area contributed by atoms with Crippen molar-refractivity contribution in [2.75, 3.05) is 0 Å². The first-order chi connectivity index (χ1) is 4.57. The molecule has 0 rings (SSSR count). The van der Waals surface area contributed by atoms with E-state index in [0.717, 1.165) is 0 Å². The molecule has 0 amide bonds. The molecular formula is C4H7NO4. The van der Waals surface area contributed by atoms with Crippen LogP contribution < -0.4 is 5.73 Å². The summed E-state index contributed by atoms with van der Waals surface area (Å²) in [5.41, 5.74) is 4.91. The van der Waals surface area contributed by atoms with Crippen molar-refractivity contribution in [2.24, 2.45) is 5.73 Å². The molecule has 0 aliphatic heterocycles. The van der Waals surface area contributed by atoms with Gasteiger partial charge in [-0.2, -0.15) is 0 Å². The van der Waals surface area contributed by atoms with E-state index in [1.165, 1.54) is 0 Å². The molecule has 5 nitrogen and oxygen atoms in total. The minimum absolute atomic E-state index is 0.473. The number of aliphatic carboxylic acids is 2. The highest BCUT2D eigenvalue weighted by Gasteiger charge is 2.14. The highest BCUT2D eigenvalue weighted by Crippen LogP contribution is 1.86. The SMILES string of the molecule is [2H]OC(=O)C[C@H](N)C(=O)O. The molecule has 0 fully saturated rings. The molecular weight excluding hydrogens is 126 g/mol. The van der Waals surface area contributed by atoms with Crippen LogP contribution in [-0.2, 0) is 9.59 Å². The minimum atomic E-state index is -1.29. The van der Waals surface area contributed by atoms with Gasteiger partial charge in [0.2, 0.25) is 0 Å². The van der Waals surface area contributed by atoms with Gasteiger partial charge in [-0.05, 0) is 0 Å². The first kappa shape index (κ1) is 6.03. The van der Waals surface area contributed by atoms with Crippen molar-refractivity contribution in [3.63, 3.8) is 0 Å². The van der Waals surface area contributed by atoms with Crippen molar-refractivity contribution in [3.8, 4) is 0 Å². The van der Waals surface area contributed by atoms with Gasteiger partial charge in [-0.25, -0.2) is 0 Å². The normalized spacial score (nSPS) is 13.7. The van der Waals surface area contributed by atoms with Gasteiger partial charge in [0.15, 0.2) is 0 Å². The van der Waals surface area contributed by atoms with E-state index in [0.29, 0.717) is 0 Å². The summed E-state index contributed by atoms with van der Waals surface area (Å²) in [6.45, 7) is 0. The van der Waals surface area contributed by atoms with E-state index < -0.39 is 24.4 Å². The smallest absolute Gasteiger partial charge is 0.321 e. The van der Waals surface area contributed by atoms with Crippen molar-refractivity contribution in [1.29, 1.82) is 1.43 Å². The zero-order valence-corrected chi connectivity index (χ0v) is 4.53. The van der Waals surface area contributed by atoms with Crippen molar-refractivity contribution >= 4 is 11.9 Å². The maximum Gasteiger partial charge on any atom is 0.321 e. The van der Waals surface area contributed by atoms with Gasteiger partial charge in [0.1, 0.15) is 6.04 Å². The fraction of sp³-hybridized carbons (Fsp3) is 0.500. The Bertz CT molecular complexity index is 148. The number of hydrogen-bond donors (Lipinski definition) is 3. The average molecular weight is 134 g/mol. The summed E-state index contributed by atoms with van der Waals surface area (Å²) in [6.07, 6.45) is -0.473. The summed E-state index contributed by atoms with van der Waals surface area (Å²) >= 11 is 0. The molecule has 0 saturated carbocycles. The highest BCUT2D eigenvalue weighted by molar-refractivity contribution is 5.80. The summed E-state index contributed by atoms with van der Waals surface area (Å²) in [5.74, 6) is -2.24. The van der Waals surface area contributed by atoms with E-state index in [9.17, 15) is 9.59 Å². The highest BCUT2D eigenvalue weighted by atomic mass is 16.4. The van der Waals surface area contributed by atoms with Gasteiger partial charge >= 0.3 is 11.9 Å². The Hall–Kier alpha value is -1.10. The molecule has 52 valence electrons. The van der Waals surface area contributed by atoms with Gasteiger partial charge in [0.05, 0.1) is 6.42 Å². The standard InChI is InChI=1S/C4H7NO4/c5-2(4(8)9)1-3(6)7/h2H,1,5H2,(H,6,7)(H,8,9)/t2-/m0/s1/i/hD. The molecule has 0 aromatic rings. The molecule has 0 bridgehead atoms. The van der Waals surface area contributed by atoms with Crippen LogP contribution in [0.1, 0.15) is 6.42 Å². The molecule has 0 heterocycles. The van der Waals surface area contributed by atoms with E-state index >= 15 is 0 Å². The lowest BCUT2D eigenvalue weighted by molar-refractivity contribution is -0.144. The fourth-order valence-corrected chi connectivity index (χ4v) is 0.267. The second kappa shape index (κ2) is 3.03. The van der Waals surface area contributed by atoms with E-state index in [1.807, 2.05) is 0 Å². The predicted molar refractivity (Wildman–Crippen MR) is 27.9 cm³/mol. The molecule has 0 aromatic heterocycles. The van der Waals surface area contributed by atoms with Crippen LogP contribution in [0.5, 0.6) is 0 Å². The summed E-state index contributed by atoms with van der Waals surface area (Å²) in [7, 11) is 0. The summed E-state index contributed by atoms with van der Waals surface area (Å²) in [6, 6.07) is -1.28. The Morgan fingerprint density at radius 1 is 1.78 bits per heavy atom. The topological polar surface area (TPSA) is 101 Å². The van der Waals surface area contributed by atoms with Crippen LogP contribution in [-0.4, -0.2) is 28.2 Å². The predicted octanol–water partition coefficient (Wildman–Crippen LogP) is -1.13. The number of carboxylic acids is 2. The molecule has 0 radical (unpaired) electrons. The third-order valence-corrected chi connectivity index (χ3v) is 0.704. The van der Waals surface area contributed by atoms with Crippen molar-refractivity contribution < 1.29 is 19.8 Å². The molecule has 0 unspecified atom stereocenters. The van der Waals surface area contributed by atoms with Crippen LogP contribution in [0.3, 0.4) is 0 Å². The van der Waals surface area contributed by atoms with Crippen LogP contribution in [0.2, 0.25) is 0 Å². The van der Waals surface area contributed by atoms with Crippen LogP contribution in [0.15, 0.2) is 0 Å². The second-order valence-electron chi connectivity index (χ2n) is 1.52. The minimum Gasteiger partial charge on any atom is -0.481 e. The van der Waals surface area contributed by atoms with E-state index in [-0.39, 0.29) is 0 Å². The quantitative estimate of drug-likeness (QED) is 0.453. The number of rotatable bonds is 3. The van der Waals surface area contributed by atoms with Gasteiger partial charge in [0.25, 0.3) is 1.43 Å². The molecule has 1 atom stereocenters. The Kier molecular flexibility index (Phi) is 2.03. The third-order valence-electron chi connectivity index (χ3n) is 0.704. The lowest BCUT2D eigenvalue weighted by atomic mass is 10.2. The Balaban J connectivity index is 3.68. The van der Waals surface area contributed by atoms with Gasteiger partial charge < -0.3 is 15.9 Å². The monoisotopic (exact) mass is 134 g/mol. The molecule has 9 heavy (non-hydrogen) atoms. The lowest BCUT2D eigenvalue weighted by Crippen LogP contribution is -2.32. The van der Waals surface area contributed by atoms with E-state index in [1.54, 1.807) is 0 Å². The lowest BCUT2D eigenvalue weighted by Gasteiger charge is -1.99. The number of carbonyl (C=O) groups is 2. The molecule has 0 aromatic carbocycles. The third kappa shape index (κ3) is 3.48. The van der Waals surface area contributed by atoms with Crippen LogP contribution in [0.25, 0.3) is 1.43 Å².